The smallest absolute Gasteiger partial charge is 0.338 e. The number of allylic oxidation sites excluding steroid dienone is 2. The van der Waals surface area contributed by atoms with Gasteiger partial charge in [0, 0.05) is 5.56 Å². The highest BCUT2D eigenvalue weighted by atomic mass is 16.5. The van der Waals surface area contributed by atoms with E-state index in [2.05, 4.69) is 17.3 Å². The normalized spacial score (nSPS) is 26.7. The van der Waals surface area contributed by atoms with Gasteiger partial charge in [-0.05, 0) is 55.9 Å². The number of hydrogen-bond acceptors (Lipinski definition) is 6. The summed E-state index contributed by atoms with van der Waals surface area (Å²) in [7, 11) is 0. The summed E-state index contributed by atoms with van der Waals surface area (Å²) in [5.74, 6) is -0.0625. The molecule has 31 heavy (non-hydrogen) atoms. The van der Waals surface area contributed by atoms with Gasteiger partial charge >= 0.3 is 5.97 Å². The quantitative estimate of drug-likeness (QED) is 0.320. The average molecular weight is 418 g/mol. The zero-order chi connectivity index (χ0) is 21.5. The van der Waals surface area contributed by atoms with E-state index in [-0.39, 0.29) is 41.5 Å². The van der Waals surface area contributed by atoms with Crippen LogP contribution in [0.25, 0.3) is 11.3 Å². The lowest BCUT2D eigenvalue weighted by Gasteiger charge is -2.37. The molecule has 0 N–H and O–H groups in total. The molecule has 0 spiro atoms. The van der Waals surface area contributed by atoms with E-state index < -0.39 is 0 Å². The summed E-state index contributed by atoms with van der Waals surface area (Å²) in [6, 6.07) is 10.4. The lowest BCUT2D eigenvalue weighted by molar-refractivity contribution is -0.140. The van der Waals surface area contributed by atoms with Gasteiger partial charge in [-0.3, -0.25) is 9.59 Å². The van der Waals surface area contributed by atoms with E-state index in [9.17, 15) is 14.4 Å². The number of carbonyl (C=O) groups is 3. The number of furan rings is 1. The van der Waals surface area contributed by atoms with Gasteiger partial charge in [0.1, 0.15) is 11.5 Å². The molecule has 6 rings (SSSR count). The van der Waals surface area contributed by atoms with Crippen molar-refractivity contribution in [3.8, 4) is 11.3 Å². The molecule has 4 aliphatic rings. The van der Waals surface area contributed by atoms with Crippen LogP contribution in [0.15, 0.2) is 58.1 Å². The van der Waals surface area contributed by atoms with Gasteiger partial charge in [0.15, 0.2) is 0 Å². The third-order valence-corrected chi connectivity index (χ3v) is 6.34. The molecule has 2 heterocycles. The van der Waals surface area contributed by atoms with Crippen LogP contribution in [0.4, 0.5) is 0 Å². The van der Waals surface area contributed by atoms with Gasteiger partial charge in [-0.15, -0.1) is 0 Å². The van der Waals surface area contributed by atoms with E-state index in [1.54, 1.807) is 43.3 Å². The van der Waals surface area contributed by atoms with Gasteiger partial charge in [-0.2, -0.15) is 10.1 Å². The molecule has 1 aromatic heterocycles. The molecule has 4 atom stereocenters. The molecule has 0 radical (unpaired) electrons. The summed E-state index contributed by atoms with van der Waals surface area (Å²) in [6.45, 7) is 2.08. The number of imide groups is 1. The van der Waals surface area contributed by atoms with Crippen molar-refractivity contribution in [3.05, 3.63) is 59.9 Å². The van der Waals surface area contributed by atoms with Crippen molar-refractivity contribution in [2.75, 3.05) is 6.61 Å². The maximum absolute atomic E-state index is 12.8. The van der Waals surface area contributed by atoms with Crippen LogP contribution in [0, 0.1) is 23.7 Å². The second-order valence-corrected chi connectivity index (χ2v) is 8.07. The number of hydrazone groups is 1. The fourth-order valence-electron chi connectivity index (χ4n) is 4.85. The lowest BCUT2D eigenvalue weighted by Crippen LogP contribution is -2.38. The van der Waals surface area contributed by atoms with Crippen LogP contribution in [0.2, 0.25) is 0 Å². The van der Waals surface area contributed by atoms with Crippen molar-refractivity contribution < 1.29 is 23.5 Å². The molecule has 3 aliphatic carbocycles. The zero-order valence-corrected chi connectivity index (χ0v) is 17.1. The number of benzene rings is 1. The second-order valence-electron chi connectivity index (χ2n) is 8.07. The second kappa shape index (κ2) is 7.65. The zero-order valence-electron chi connectivity index (χ0n) is 17.1. The molecule has 7 nitrogen and oxygen atoms in total. The highest BCUT2D eigenvalue weighted by molar-refractivity contribution is 6.06. The Balaban J connectivity index is 1.30. The average Bonchev–Trinajstić information content (AvgIpc) is 3.38. The fraction of sp³-hybridized carbons (Fsp3) is 0.333. The Morgan fingerprint density at radius 2 is 1.71 bits per heavy atom. The molecule has 1 saturated carbocycles. The summed E-state index contributed by atoms with van der Waals surface area (Å²) in [5, 5.41) is 5.19. The monoisotopic (exact) mass is 418 g/mol. The standard InChI is InChI=1S/C24H22N2O5/c1-2-30-24(29)17-9-3-14(4-10-17)19-12-11-18(31-19)13-25-26-22(27)20-15-5-6-16(8-7-15)21(20)23(26)28/h3-6,9-13,15-16,20-21H,2,7-8H2,1H3/b25-13-/t15-,16+,20-,21+. The third-order valence-electron chi connectivity index (χ3n) is 6.34. The molecule has 1 aromatic carbocycles. The van der Waals surface area contributed by atoms with Crippen molar-refractivity contribution in [3.63, 3.8) is 0 Å². The van der Waals surface area contributed by atoms with Crippen molar-refractivity contribution >= 4 is 24.0 Å². The maximum atomic E-state index is 12.8. The van der Waals surface area contributed by atoms with Crippen molar-refractivity contribution in [2.45, 2.75) is 19.8 Å². The third kappa shape index (κ3) is 3.30. The number of esters is 1. The predicted octanol–water partition coefficient (Wildman–Crippen LogP) is 3.65. The summed E-state index contributed by atoms with van der Waals surface area (Å²) in [4.78, 5) is 37.4. The predicted molar refractivity (Wildman–Crippen MR) is 112 cm³/mol. The van der Waals surface area contributed by atoms with Crippen molar-refractivity contribution in [1.82, 2.24) is 5.01 Å². The Bertz CT molecular complexity index is 1070. The maximum Gasteiger partial charge on any atom is 0.338 e. The molecule has 1 saturated heterocycles. The first-order valence-electron chi connectivity index (χ1n) is 10.5. The molecule has 2 bridgehead atoms. The SMILES string of the molecule is CCOC(=O)c1ccc(-c2ccc(/C=N\N3C(=O)[C@@H]4[C@H](C3=O)[C@@H]3C=C[C@H]4CC3)o2)cc1. The molecule has 7 heteroatoms. The molecule has 2 aromatic rings. The number of hydrogen-bond donors (Lipinski definition) is 0. The first kappa shape index (κ1) is 19.5. The number of carbonyl (C=O) groups excluding carboxylic acids is 3. The number of nitrogens with zero attached hydrogens (tertiary/aromatic N) is 2. The Morgan fingerprint density at radius 1 is 1.06 bits per heavy atom. The van der Waals surface area contributed by atoms with Crippen LogP contribution in [-0.2, 0) is 14.3 Å². The van der Waals surface area contributed by atoms with Crippen LogP contribution in [-0.4, -0.2) is 35.6 Å². The van der Waals surface area contributed by atoms with Gasteiger partial charge in [0.05, 0.1) is 30.2 Å². The minimum absolute atomic E-state index is 0.138. The topological polar surface area (TPSA) is 89.2 Å². The first-order chi connectivity index (χ1) is 15.1. The molecular formula is C24H22N2O5. The summed E-state index contributed by atoms with van der Waals surface area (Å²) < 4.78 is 10.8. The van der Waals surface area contributed by atoms with Crippen molar-refractivity contribution in [1.29, 1.82) is 0 Å². The molecule has 0 unspecified atom stereocenters. The van der Waals surface area contributed by atoms with Gasteiger partial charge in [-0.25, -0.2) is 4.79 Å². The number of ether oxygens (including phenoxy) is 1. The van der Waals surface area contributed by atoms with Gasteiger partial charge in [-0.1, -0.05) is 24.3 Å². The van der Waals surface area contributed by atoms with E-state index in [1.807, 2.05) is 0 Å². The van der Waals surface area contributed by atoms with E-state index in [4.69, 9.17) is 9.15 Å². The summed E-state index contributed by atoms with van der Waals surface area (Å²) in [5.41, 5.74) is 1.25. The van der Waals surface area contributed by atoms with Crippen LogP contribution in [0.3, 0.4) is 0 Å². The Hall–Kier alpha value is -3.48. The Morgan fingerprint density at radius 3 is 2.29 bits per heavy atom. The molecule has 2 fully saturated rings. The van der Waals surface area contributed by atoms with Gasteiger partial charge in [0.25, 0.3) is 11.8 Å². The fourth-order valence-corrected chi connectivity index (χ4v) is 4.85. The van der Waals surface area contributed by atoms with Crippen LogP contribution >= 0.6 is 0 Å². The largest absolute Gasteiger partial charge is 0.462 e. The molecule has 158 valence electrons. The molecule has 2 amide bonds. The number of amides is 2. The van der Waals surface area contributed by atoms with Crippen LogP contribution in [0.5, 0.6) is 0 Å². The van der Waals surface area contributed by atoms with Gasteiger partial charge in [0.2, 0.25) is 0 Å². The van der Waals surface area contributed by atoms with Crippen LogP contribution in [0.1, 0.15) is 35.9 Å². The highest BCUT2D eigenvalue weighted by Crippen LogP contribution is 2.49. The van der Waals surface area contributed by atoms with E-state index in [1.165, 1.54) is 6.21 Å². The lowest BCUT2D eigenvalue weighted by atomic mass is 9.63. The summed E-state index contributed by atoms with van der Waals surface area (Å²) in [6.07, 6.45) is 7.48. The van der Waals surface area contributed by atoms with E-state index in [0.29, 0.717) is 23.7 Å². The van der Waals surface area contributed by atoms with Crippen LogP contribution < -0.4 is 0 Å². The minimum atomic E-state index is -0.370. The molecular weight excluding hydrogens is 396 g/mol. The van der Waals surface area contributed by atoms with E-state index >= 15 is 0 Å². The minimum Gasteiger partial charge on any atom is -0.462 e. The summed E-state index contributed by atoms with van der Waals surface area (Å²) >= 11 is 0. The first-order valence-corrected chi connectivity index (χ1v) is 10.5. The Kier molecular flexibility index (Phi) is 4.81. The molecule has 1 aliphatic heterocycles. The Labute approximate surface area is 179 Å². The van der Waals surface area contributed by atoms with Gasteiger partial charge < -0.3 is 9.15 Å². The van der Waals surface area contributed by atoms with Crippen molar-refractivity contribution in [2.24, 2.45) is 28.8 Å². The van der Waals surface area contributed by atoms with E-state index in [0.717, 1.165) is 23.4 Å². The number of fused-ring (bicyclic) bond motifs is 1. The number of rotatable bonds is 5. The highest BCUT2D eigenvalue weighted by Gasteiger charge is 2.56.